The molecule has 3 aromatic rings. The zero-order chi connectivity index (χ0) is 29.6. The van der Waals surface area contributed by atoms with Crippen LogP contribution in [0.25, 0.3) is 0 Å². The second-order valence-corrected chi connectivity index (χ2v) is 13.3. The molecule has 3 rings (SSSR count). The van der Waals surface area contributed by atoms with Gasteiger partial charge in [-0.2, -0.15) is 0 Å². The molecule has 214 valence electrons. The number of halogens is 1. The summed E-state index contributed by atoms with van der Waals surface area (Å²) in [6, 6.07) is 20.3. The molecular formula is C31H38BrN3O4S. The SMILES string of the molecule is Cc1ccc(S(=O)(=O)N(CC(=O)N(Cc2cccc(Br)c2)C(C)C(=O)NC(C)C)c2ccc(C(C)C)cc2)cc1. The first-order chi connectivity index (χ1) is 18.8. The molecule has 40 heavy (non-hydrogen) atoms. The van der Waals surface area contributed by atoms with Crippen LogP contribution in [0.5, 0.6) is 0 Å². The molecule has 0 aliphatic rings. The molecule has 7 nitrogen and oxygen atoms in total. The van der Waals surface area contributed by atoms with Crippen molar-refractivity contribution in [3.8, 4) is 0 Å². The molecule has 0 aliphatic carbocycles. The van der Waals surface area contributed by atoms with Gasteiger partial charge in [-0.05, 0) is 81.1 Å². The van der Waals surface area contributed by atoms with E-state index in [0.29, 0.717) is 5.69 Å². The first kappa shape index (κ1) is 31.4. The largest absolute Gasteiger partial charge is 0.352 e. The number of hydrogen-bond acceptors (Lipinski definition) is 4. The minimum Gasteiger partial charge on any atom is -0.352 e. The first-order valence-corrected chi connectivity index (χ1v) is 15.6. The highest BCUT2D eigenvalue weighted by Gasteiger charge is 2.32. The van der Waals surface area contributed by atoms with Gasteiger partial charge in [0.25, 0.3) is 10.0 Å². The Morgan fingerprint density at radius 3 is 2.08 bits per heavy atom. The van der Waals surface area contributed by atoms with Crippen molar-refractivity contribution < 1.29 is 18.0 Å². The highest BCUT2D eigenvalue weighted by atomic mass is 79.9. The van der Waals surface area contributed by atoms with Crippen LogP contribution in [0.2, 0.25) is 0 Å². The van der Waals surface area contributed by atoms with E-state index in [1.807, 2.05) is 57.2 Å². The number of carbonyl (C=O) groups excluding carboxylic acids is 2. The maximum Gasteiger partial charge on any atom is 0.264 e. The third-order valence-corrected chi connectivity index (χ3v) is 8.86. The van der Waals surface area contributed by atoms with Crippen LogP contribution in [-0.4, -0.2) is 43.8 Å². The van der Waals surface area contributed by atoms with Crippen LogP contribution in [0.15, 0.2) is 82.2 Å². The Hall–Kier alpha value is -3.17. The van der Waals surface area contributed by atoms with Crippen molar-refractivity contribution in [2.24, 2.45) is 0 Å². The molecule has 0 saturated carbocycles. The normalized spacial score (nSPS) is 12.3. The van der Waals surface area contributed by atoms with Crippen molar-refractivity contribution in [2.45, 2.75) is 71.0 Å². The second kappa shape index (κ2) is 13.5. The summed E-state index contributed by atoms with van der Waals surface area (Å²) in [4.78, 5) is 28.5. The van der Waals surface area contributed by atoms with Gasteiger partial charge in [-0.25, -0.2) is 8.42 Å². The smallest absolute Gasteiger partial charge is 0.264 e. The lowest BCUT2D eigenvalue weighted by Crippen LogP contribution is -2.52. The summed E-state index contributed by atoms with van der Waals surface area (Å²) in [5.74, 6) is -0.540. The van der Waals surface area contributed by atoms with E-state index in [4.69, 9.17) is 0 Å². The number of amides is 2. The Bertz CT molecular complexity index is 1420. The Kier molecular flexibility index (Phi) is 10.6. The van der Waals surface area contributed by atoms with E-state index < -0.39 is 28.5 Å². The number of hydrogen-bond donors (Lipinski definition) is 1. The number of aryl methyl sites for hydroxylation is 1. The highest BCUT2D eigenvalue weighted by Crippen LogP contribution is 2.27. The summed E-state index contributed by atoms with van der Waals surface area (Å²) in [6.45, 7) is 11.0. The second-order valence-electron chi connectivity index (χ2n) is 10.6. The van der Waals surface area contributed by atoms with Gasteiger partial charge in [-0.1, -0.05) is 71.7 Å². The van der Waals surface area contributed by atoms with Gasteiger partial charge in [0, 0.05) is 17.1 Å². The summed E-state index contributed by atoms with van der Waals surface area (Å²) >= 11 is 3.46. The molecule has 1 unspecified atom stereocenters. The summed E-state index contributed by atoms with van der Waals surface area (Å²) < 4.78 is 29.9. The van der Waals surface area contributed by atoms with Crippen molar-refractivity contribution >= 4 is 43.5 Å². The number of benzene rings is 3. The zero-order valence-electron chi connectivity index (χ0n) is 23.9. The van der Waals surface area contributed by atoms with E-state index in [1.54, 1.807) is 43.3 Å². The van der Waals surface area contributed by atoms with Crippen LogP contribution < -0.4 is 9.62 Å². The molecule has 0 radical (unpaired) electrons. The van der Waals surface area contributed by atoms with E-state index in [1.165, 1.54) is 4.90 Å². The van der Waals surface area contributed by atoms with E-state index in [-0.39, 0.29) is 29.3 Å². The van der Waals surface area contributed by atoms with Crippen molar-refractivity contribution in [1.82, 2.24) is 10.2 Å². The lowest BCUT2D eigenvalue weighted by atomic mass is 10.0. The fourth-order valence-electron chi connectivity index (χ4n) is 4.21. The molecular weight excluding hydrogens is 590 g/mol. The summed E-state index contributed by atoms with van der Waals surface area (Å²) in [6.07, 6.45) is 0. The number of carbonyl (C=O) groups is 2. The van der Waals surface area contributed by atoms with Crippen LogP contribution in [-0.2, 0) is 26.2 Å². The lowest BCUT2D eigenvalue weighted by molar-refractivity contribution is -0.139. The summed E-state index contributed by atoms with van der Waals surface area (Å²) in [5.41, 5.74) is 3.16. The molecule has 0 aromatic heterocycles. The number of anilines is 1. The maximum atomic E-state index is 14.0. The predicted molar refractivity (Wildman–Crippen MR) is 164 cm³/mol. The van der Waals surface area contributed by atoms with Crippen molar-refractivity contribution in [3.63, 3.8) is 0 Å². The molecule has 3 aromatic carbocycles. The van der Waals surface area contributed by atoms with Gasteiger partial charge in [0.1, 0.15) is 12.6 Å². The molecule has 1 N–H and O–H groups in total. The fraction of sp³-hybridized carbons (Fsp3) is 0.355. The Morgan fingerprint density at radius 1 is 0.900 bits per heavy atom. The number of nitrogens with zero attached hydrogens (tertiary/aromatic N) is 2. The molecule has 0 fully saturated rings. The van der Waals surface area contributed by atoms with Gasteiger partial charge in [-0.15, -0.1) is 0 Å². The molecule has 0 aliphatic heterocycles. The number of rotatable bonds is 11. The van der Waals surface area contributed by atoms with Gasteiger partial charge in [0.2, 0.25) is 11.8 Å². The Morgan fingerprint density at radius 2 is 1.52 bits per heavy atom. The minimum absolute atomic E-state index is 0.0861. The quantitative estimate of drug-likeness (QED) is 0.282. The van der Waals surface area contributed by atoms with E-state index in [2.05, 4.69) is 35.1 Å². The molecule has 2 amide bonds. The fourth-order valence-corrected chi connectivity index (χ4v) is 6.07. The lowest BCUT2D eigenvalue weighted by Gasteiger charge is -2.32. The van der Waals surface area contributed by atoms with E-state index in [9.17, 15) is 18.0 Å². The van der Waals surface area contributed by atoms with Crippen LogP contribution >= 0.6 is 15.9 Å². The third kappa shape index (κ3) is 7.95. The van der Waals surface area contributed by atoms with Gasteiger partial charge < -0.3 is 10.2 Å². The molecule has 0 heterocycles. The van der Waals surface area contributed by atoms with Gasteiger partial charge in [-0.3, -0.25) is 13.9 Å². The molecule has 0 saturated heterocycles. The topological polar surface area (TPSA) is 86.8 Å². The standard InChI is InChI=1S/C31H38BrN3O4S/c1-21(2)26-12-14-28(15-13-26)35(40(38,39)29-16-10-23(5)11-17-29)20-30(36)34(24(6)31(37)33-22(3)4)19-25-8-7-9-27(32)18-25/h7-18,21-22,24H,19-20H2,1-6H3,(H,33,37). The predicted octanol–water partition coefficient (Wildman–Crippen LogP) is 6.02. The number of nitrogens with one attached hydrogen (secondary N) is 1. The summed E-state index contributed by atoms with van der Waals surface area (Å²) in [7, 11) is -4.10. The van der Waals surface area contributed by atoms with E-state index in [0.717, 1.165) is 25.5 Å². The molecule has 9 heteroatoms. The Labute approximate surface area is 246 Å². The van der Waals surface area contributed by atoms with Crippen LogP contribution in [0.3, 0.4) is 0 Å². The minimum atomic E-state index is -4.10. The maximum absolute atomic E-state index is 14.0. The highest BCUT2D eigenvalue weighted by molar-refractivity contribution is 9.10. The van der Waals surface area contributed by atoms with Crippen LogP contribution in [0.4, 0.5) is 5.69 Å². The van der Waals surface area contributed by atoms with Crippen LogP contribution in [0.1, 0.15) is 57.2 Å². The first-order valence-electron chi connectivity index (χ1n) is 13.3. The average molecular weight is 629 g/mol. The van der Waals surface area contributed by atoms with Gasteiger partial charge in [0.15, 0.2) is 0 Å². The van der Waals surface area contributed by atoms with Gasteiger partial charge >= 0.3 is 0 Å². The third-order valence-electron chi connectivity index (χ3n) is 6.58. The zero-order valence-corrected chi connectivity index (χ0v) is 26.3. The summed E-state index contributed by atoms with van der Waals surface area (Å²) in [5, 5.41) is 2.86. The van der Waals surface area contributed by atoms with E-state index >= 15 is 0 Å². The van der Waals surface area contributed by atoms with Crippen LogP contribution in [0, 0.1) is 6.92 Å². The van der Waals surface area contributed by atoms with Crippen molar-refractivity contribution in [2.75, 3.05) is 10.8 Å². The van der Waals surface area contributed by atoms with Gasteiger partial charge in [0.05, 0.1) is 10.6 Å². The number of sulfonamides is 1. The van der Waals surface area contributed by atoms with Crippen molar-refractivity contribution in [1.29, 1.82) is 0 Å². The average Bonchev–Trinajstić information content (AvgIpc) is 2.89. The Balaban J connectivity index is 2.05. The molecule has 0 spiro atoms. The monoisotopic (exact) mass is 627 g/mol. The van der Waals surface area contributed by atoms with Crippen molar-refractivity contribution in [3.05, 3.63) is 94.0 Å². The molecule has 0 bridgehead atoms. The molecule has 1 atom stereocenters.